The average molecular weight is 260 g/mol. The van der Waals surface area contributed by atoms with E-state index < -0.39 is 0 Å². The SMILES string of the molecule is CCCN(c1nc2ccccn2c1CCN)C(C)C. The van der Waals surface area contributed by atoms with Gasteiger partial charge in [0.2, 0.25) is 0 Å². The molecular weight excluding hydrogens is 236 g/mol. The van der Waals surface area contributed by atoms with Crippen LogP contribution < -0.4 is 10.6 Å². The number of hydrogen-bond donors (Lipinski definition) is 1. The Hall–Kier alpha value is -1.55. The Kier molecular flexibility index (Phi) is 4.43. The zero-order valence-corrected chi connectivity index (χ0v) is 12.1. The Morgan fingerprint density at radius 2 is 2.16 bits per heavy atom. The van der Waals surface area contributed by atoms with Crippen molar-refractivity contribution in [2.24, 2.45) is 5.73 Å². The highest BCUT2D eigenvalue weighted by Crippen LogP contribution is 2.24. The van der Waals surface area contributed by atoms with Crippen molar-refractivity contribution in [3.63, 3.8) is 0 Å². The molecule has 0 bridgehead atoms. The fourth-order valence-electron chi connectivity index (χ4n) is 2.48. The molecule has 0 unspecified atom stereocenters. The summed E-state index contributed by atoms with van der Waals surface area (Å²) in [6.07, 6.45) is 4.04. The van der Waals surface area contributed by atoms with Crippen LogP contribution in [0.4, 0.5) is 5.82 Å². The first-order valence-electron chi connectivity index (χ1n) is 7.11. The third-order valence-corrected chi connectivity index (χ3v) is 3.35. The van der Waals surface area contributed by atoms with Crippen LogP contribution in [0.5, 0.6) is 0 Å². The van der Waals surface area contributed by atoms with E-state index in [0.29, 0.717) is 12.6 Å². The van der Waals surface area contributed by atoms with Gasteiger partial charge in [0.05, 0.1) is 5.69 Å². The molecule has 0 amide bonds. The molecule has 2 rings (SSSR count). The molecule has 19 heavy (non-hydrogen) atoms. The van der Waals surface area contributed by atoms with Crippen LogP contribution in [0.1, 0.15) is 32.9 Å². The number of aromatic nitrogens is 2. The fourth-order valence-corrected chi connectivity index (χ4v) is 2.48. The van der Waals surface area contributed by atoms with Crippen LogP contribution >= 0.6 is 0 Å². The van der Waals surface area contributed by atoms with Gasteiger partial charge in [-0.3, -0.25) is 0 Å². The van der Waals surface area contributed by atoms with Gasteiger partial charge in [0.25, 0.3) is 0 Å². The predicted octanol–water partition coefficient (Wildman–Crippen LogP) is 2.46. The van der Waals surface area contributed by atoms with Crippen molar-refractivity contribution in [2.45, 2.75) is 39.7 Å². The number of hydrogen-bond acceptors (Lipinski definition) is 3. The number of fused-ring (bicyclic) bond motifs is 1. The van der Waals surface area contributed by atoms with Crippen molar-refractivity contribution in [1.29, 1.82) is 0 Å². The fraction of sp³-hybridized carbons (Fsp3) is 0.533. The molecule has 0 radical (unpaired) electrons. The second-order valence-electron chi connectivity index (χ2n) is 5.14. The summed E-state index contributed by atoms with van der Waals surface area (Å²) < 4.78 is 2.16. The van der Waals surface area contributed by atoms with Crippen molar-refractivity contribution >= 4 is 11.5 Å². The molecule has 2 aromatic heterocycles. The van der Waals surface area contributed by atoms with E-state index in [2.05, 4.69) is 36.3 Å². The Bertz CT molecular complexity index is 530. The van der Waals surface area contributed by atoms with Crippen LogP contribution in [-0.2, 0) is 6.42 Å². The summed E-state index contributed by atoms with van der Waals surface area (Å²) in [5.41, 5.74) is 8.00. The second-order valence-corrected chi connectivity index (χ2v) is 5.14. The summed E-state index contributed by atoms with van der Waals surface area (Å²) in [6, 6.07) is 6.56. The van der Waals surface area contributed by atoms with Gasteiger partial charge in [-0.2, -0.15) is 0 Å². The summed E-state index contributed by atoms with van der Waals surface area (Å²) in [6.45, 7) is 8.30. The first-order chi connectivity index (χ1) is 9.19. The molecule has 2 heterocycles. The lowest BCUT2D eigenvalue weighted by atomic mass is 10.2. The third-order valence-electron chi connectivity index (χ3n) is 3.35. The quantitative estimate of drug-likeness (QED) is 0.868. The molecular formula is C15H24N4. The predicted molar refractivity (Wildman–Crippen MR) is 80.7 cm³/mol. The van der Waals surface area contributed by atoms with Crippen LogP contribution in [0, 0.1) is 0 Å². The van der Waals surface area contributed by atoms with E-state index in [1.54, 1.807) is 0 Å². The van der Waals surface area contributed by atoms with Crippen molar-refractivity contribution in [3.8, 4) is 0 Å². The van der Waals surface area contributed by atoms with Gasteiger partial charge in [0, 0.05) is 25.2 Å². The van der Waals surface area contributed by atoms with Crippen LogP contribution in [0.15, 0.2) is 24.4 Å². The zero-order chi connectivity index (χ0) is 13.8. The highest BCUT2D eigenvalue weighted by Gasteiger charge is 2.19. The molecule has 0 spiro atoms. The molecule has 0 fully saturated rings. The van der Waals surface area contributed by atoms with Crippen molar-refractivity contribution in [1.82, 2.24) is 9.38 Å². The number of imidazole rings is 1. The first-order valence-corrected chi connectivity index (χ1v) is 7.11. The Morgan fingerprint density at radius 1 is 1.37 bits per heavy atom. The first kappa shape index (κ1) is 13.9. The van der Waals surface area contributed by atoms with E-state index >= 15 is 0 Å². The summed E-state index contributed by atoms with van der Waals surface area (Å²) in [4.78, 5) is 7.18. The Balaban J connectivity index is 2.53. The summed E-state index contributed by atoms with van der Waals surface area (Å²) in [5.74, 6) is 1.09. The maximum absolute atomic E-state index is 5.77. The van der Waals surface area contributed by atoms with Gasteiger partial charge in [-0.1, -0.05) is 13.0 Å². The minimum atomic E-state index is 0.446. The molecule has 2 N–H and O–H groups in total. The van der Waals surface area contributed by atoms with Crippen molar-refractivity contribution < 1.29 is 0 Å². The van der Waals surface area contributed by atoms with E-state index in [0.717, 1.165) is 30.9 Å². The molecule has 0 aliphatic carbocycles. The van der Waals surface area contributed by atoms with Crippen LogP contribution in [-0.4, -0.2) is 28.5 Å². The van der Waals surface area contributed by atoms with E-state index in [9.17, 15) is 0 Å². The van der Waals surface area contributed by atoms with Gasteiger partial charge in [-0.25, -0.2) is 4.98 Å². The van der Waals surface area contributed by atoms with Gasteiger partial charge in [-0.15, -0.1) is 0 Å². The Morgan fingerprint density at radius 3 is 2.79 bits per heavy atom. The Labute approximate surface area is 115 Å². The summed E-state index contributed by atoms with van der Waals surface area (Å²) in [7, 11) is 0. The largest absolute Gasteiger partial charge is 0.353 e. The van der Waals surface area contributed by atoms with E-state index in [-0.39, 0.29) is 0 Å². The summed E-state index contributed by atoms with van der Waals surface area (Å²) >= 11 is 0. The smallest absolute Gasteiger partial charge is 0.151 e. The highest BCUT2D eigenvalue weighted by atomic mass is 15.2. The monoisotopic (exact) mass is 260 g/mol. The van der Waals surface area contributed by atoms with E-state index in [1.165, 1.54) is 5.69 Å². The maximum atomic E-state index is 5.77. The second kappa shape index (κ2) is 6.06. The number of anilines is 1. The minimum absolute atomic E-state index is 0.446. The molecule has 0 atom stereocenters. The standard InChI is InChI=1S/C15H24N4/c1-4-10-18(12(2)3)15-13(8-9-16)19-11-6-5-7-14(19)17-15/h5-7,11-12H,4,8-10,16H2,1-3H3. The van der Waals surface area contributed by atoms with Gasteiger partial charge >= 0.3 is 0 Å². The van der Waals surface area contributed by atoms with Crippen LogP contribution in [0.2, 0.25) is 0 Å². The maximum Gasteiger partial charge on any atom is 0.151 e. The molecule has 0 aromatic carbocycles. The molecule has 4 nitrogen and oxygen atoms in total. The minimum Gasteiger partial charge on any atom is -0.353 e. The van der Waals surface area contributed by atoms with Crippen molar-refractivity contribution in [2.75, 3.05) is 18.0 Å². The van der Waals surface area contributed by atoms with E-state index in [4.69, 9.17) is 10.7 Å². The molecule has 2 aromatic rings. The van der Waals surface area contributed by atoms with Crippen LogP contribution in [0.25, 0.3) is 5.65 Å². The highest BCUT2D eigenvalue weighted by molar-refractivity contribution is 5.56. The van der Waals surface area contributed by atoms with Gasteiger partial charge in [0.1, 0.15) is 5.65 Å². The van der Waals surface area contributed by atoms with Gasteiger partial charge in [0.15, 0.2) is 5.82 Å². The number of nitrogens with zero attached hydrogens (tertiary/aromatic N) is 3. The third kappa shape index (κ3) is 2.73. The molecule has 4 heteroatoms. The number of pyridine rings is 1. The van der Waals surface area contributed by atoms with E-state index in [1.807, 2.05) is 18.2 Å². The normalized spacial score (nSPS) is 11.4. The lowest BCUT2D eigenvalue weighted by molar-refractivity contribution is 0.659. The number of nitrogens with two attached hydrogens (primary N) is 1. The zero-order valence-electron chi connectivity index (χ0n) is 12.1. The van der Waals surface area contributed by atoms with Crippen LogP contribution in [0.3, 0.4) is 0 Å². The van der Waals surface area contributed by atoms with Gasteiger partial charge < -0.3 is 15.0 Å². The molecule has 0 saturated heterocycles. The average Bonchev–Trinajstić information content (AvgIpc) is 2.75. The van der Waals surface area contributed by atoms with Crippen molar-refractivity contribution in [3.05, 3.63) is 30.1 Å². The molecule has 0 aliphatic rings. The lowest BCUT2D eigenvalue weighted by Gasteiger charge is -2.27. The molecule has 0 aliphatic heterocycles. The summed E-state index contributed by atoms with van der Waals surface area (Å²) in [5, 5.41) is 0. The molecule has 0 saturated carbocycles. The molecule has 104 valence electrons. The number of rotatable bonds is 6. The topological polar surface area (TPSA) is 46.6 Å². The van der Waals surface area contributed by atoms with Gasteiger partial charge in [-0.05, 0) is 38.9 Å². The lowest BCUT2D eigenvalue weighted by Crippen LogP contribution is -2.32.